The van der Waals surface area contributed by atoms with E-state index >= 15 is 0 Å². The molecule has 0 unspecified atom stereocenters. The molecule has 2 rings (SSSR count). The summed E-state index contributed by atoms with van der Waals surface area (Å²) in [4.78, 5) is 12.5. The quantitative estimate of drug-likeness (QED) is 0.261. The van der Waals surface area contributed by atoms with E-state index in [1.54, 1.807) is 17.8 Å². The lowest BCUT2D eigenvalue weighted by atomic mass is 10.2. The number of hydrogen-bond donors (Lipinski definition) is 3. The van der Waals surface area contributed by atoms with Gasteiger partial charge in [0.15, 0.2) is 5.76 Å². The van der Waals surface area contributed by atoms with Gasteiger partial charge in [-0.15, -0.1) is 11.8 Å². The summed E-state index contributed by atoms with van der Waals surface area (Å²) in [6, 6.07) is 7.61. The third-order valence-corrected chi connectivity index (χ3v) is 3.76. The van der Waals surface area contributed by atoms with E-state index in [9.17, 15) is 4.79 Å². The van der Waals surface area contributed by atoms with Crippen molar-refractivity contribution in [3.63, 3.8) is 0 Å². The smallest absolute Gasteiger partial charge is 0.301 e. The zero-order chi connectivity index (χ0) is 13.8. The van der Waals surface area contributed by atoms with Crippen LogP contribution in [0.4, 0.5) is 5.69 Å². The maximum atomic E-state index is 11.5. The topological polar surface area (TPSA) is 94.3 Å². The van der Waals surface area contributed by atoms with E-state index in [-0.39, 0.29) is 5.76 Å². The molecule has 0 radical (unpaired) electrons. The number of carbonyl (C=O) groups is 1. The first-order chi connectivity index (χ1) is 9.11. The molecule has 1 aromatic carbocycles. The number of thioether (sulfide) groups is 1. The summed E-state index contributed by atoms with van der Waals surface area (Å²) in [5.74, 6) is 5.49. The molecule has 1 heterocycles. The molecule has 6 heteroatoms. The Balaban J connectivity index is 2.13. The standard InChI is InChI=1S/C13H15N3O2S/c1-8-2-3-10(14)11(6-8)19-7-9-4-5-18-12(9)13(17)16-15/h2-6H,7,14-15H2,1H3,(H,16,17). The molecular formula is C13H15N3O2S. The van der Waals surface area contributed by atoms with Crippen molar-refractivity contribution in [2.75, 3.05) is 5.73 Å². The van der Waals surface area contributed by atoms with E-state index in [2.05, 4.69) is 5.43 Å². The molecule has 0 aliphatic heterocycles. The predicted octanol–water partition coefficient (Wildman–Crippen LogP) is 2.07. The molecular weight excluding hydrogens is 262 g/mol. The lowest BCUT2D eigenvalue weighted by molar-refractivity contribution is 0.0925. The maximum absolute atomic E-state index is 11.5. The second kappa shape index (κ2) is 5.81. The minimum Gasteiger partial charge on any atom is -0.459 e. The van der Waals surface area contributed by atoms with Gasteiger partial charge in [0, 0.05) is 21.9 Å². The fraction of sp³-hybridized carbons (Fsp3) is 0.154. The lowest BCUT2D eigenvalue weighted by Gasteiger charge is -2.06. The largest absolute Gasteiger partial charge is 0.459 e. The highest BCUT2D eigenvalue weighted by Gasteiger charge is 2.14. The fourth-order valence-corrected chi connectivity index (χ4v) is 2.68. The number of carbonyl (C=O) groups excluding carboxylic acids is 1. The van der Waals surface area contributed by atoms with Gasteiger partial charge in [-0.25, -0.2) is 5.84 Å². The van der Waals surface area contributed by atoms with Crippen molar-refractivity contribution in [2.24, 2.45) is 5.84 Å². The van der Waals surface area contributed by atoms with Gasteiger partial charge in [0.05, 0.1) is 6.26 Å². The van der Waals surface area contributed by atoms with Crippen LogP contribution in [0.2, 0.25) is 0 Å². The zero-order valence-electron chi connectivity index (χ0n) is 10.5. The number of anilines is 1. The summed E-state index contributed by atoms with van der Waals surface area (Å²) in [6.45, 7) is 2.01. The molecule has 0 saturated carbocycles. The molecule has 0 spiro atoms. The Kier molecular flexibility index (Phi) is 4.13. The fourth-order valence-electron chi connectivity index (χ4n) is 1.64. The molecule has 19 heavy (non-hydrogen) atoms. The monoisotopic (exact) mass is 277 g/mol. The number of nitrogen functional groups attached to an aromatic ring is 2. The third-order valence-electron chi connectivity index (χ3n) is 2.64. The average molecular weight is 277 g/mol. The summed E-state index contributed by atoms with van der Waals surface area (Å²) >= 11 is 1.56. The molecule has 0 atom stereocenters. The van der Waals surface area contributed by atoms with Gasteiger partial charge in [0.2, 0.25) is 0 Å². The number of nitrogens with two attached hydrogens (primary N) is 2. The minimum atomic E-state index is -0.433. The Bertz CT molecular complexity index is 595. The normalized spacial score (nSPS) is 10.4. The van der Waals surface area contributed by atoms with E-state index in [0.29, 0.717) is 5.75 Å². The highest BCUT2D eigenvalue weighted by atomic mass is 32.2. The van der Waals surface area contributed by atoms with Crippen molar-refractivity contribution in [3.05, 3.63) is 47.4 Å². The molecule has 5 N–H and O–H groups in total. The number of rotatable bonds is 4. The van der Waals surface area contributed by atoms with Crippen LogP contribution in [0.25, 0.3) is 0 Å². The molecule has 5 nitrogen and oxygen atoms in total. The van der Waals surface area contributed by atoms with Crippen LogP contribution in [-0.4, -0.2) is 5.91 Å². The molecule has 1 aromatic heterocycles. The molecule has 0 aliphatic rings. The van der Waals surface area contributed by atoms with Crippen molar-refractivity contribution in [1.82, 2.24) is 5.43 Å². The number of hydrogen-bond acceptors (Lipinski definition) is 5. The Morgan fingerprint density at radius 2 is 2.21 bits per heavy atom. The van der Waals surface area contributed by atoms with E-state index < -0.39 is 5.91 Å². The number of hydrazine groups is 1. The Labute approximate surface area is 115 Å². The zero-order valence-corrected chi connectivity index (χ0v) is 11.3. The molecule has 0 bridgehead atoms. The molecule has 0 fully saturated rings. The average Bonchev–Trinajstić information content (AvgIpc) is 2.87. The van der Waals surface area contributed by atoms with E-state index in [0.717, 1.165) is 21.7 Å². The van der Waals surface area contributed by atoms with Gasteiger partial charge < -0.3 is 10.2 Å². The number of furan rings is 1. The number of amides is 1. The molecule has 0 aliphatic carbocycles. The van der Waals surface area contributed by atoms with Crippen LogP contribution in [0, 0.1) is 6.92 Å². The maximum Gasteiger partial charge on any atom is 0.301 e. The third kappa shape index (κ3) is 3.10. The summed E-state index contributed by atoms with van der Waals surface area (Å²) < 4.78 is 5.12. The van der Waals surface area contributed by atoms with Crippen molar-refractivity contribution >= 4 is 23.4 Å². The van der Waals surface area contributed by atoms with E-state index in [4.69, 9.17) is 16.0 Å². The first-order valence-corrected chi connectivity index (χ1v) is 6.66. The predicted molar refractivity (Wildman–Crippen MR) is 75.5 cm³/mol. The molecule has 2 aromatic rings. The van der Waals surface area contributed by atoms with Crippen LogP contribution < -0.4 is 17.0 Å². The van der Waals surface area contributed by atoms with E-state index in [1.165, 1.54) is 6.26 Å². The van der Waals surface area contributed by atoms with Gasteiger partial charge in [0.25, 0.3) is 0 Å². The minimum absolute atomic E-state index is 0.237. The number of aryl methyl sites for hydroxylation is 1. The first-order valence-electron chi connectivity index (χ1n) is 5.68. The first kappa shape index (κ1) is 13.5. The van der Waals surface area contributed by atoms with Gasteiger partial charge in [-0.05, 0) is 30.7 Å². The highest BCUT2D eigenvalue weighted by Crippen LogP contribution is 2.30. The Hall–Kier alpha value is -1.92. The van der Waals surface area contributed by atoms with Gasteiger partial charge in [-0.2, -0.15) is 0 Å². The van der Waals surface area contributed by atoms with Gasteiger partial charge >= 0.3 is 5.91 Å². The molecule has 100 valence electrons. The van der Waals surface area contributed by atoms with Crippen LogP contribution in [0.15, 0.2) is 39.8 Å². The van der Waals surface area contributed by atoms with Crippen LogP contribution in [0.1, 0.15) is 21.7 Å². The van der Waals surface area contributed by atoms with Crippen molar-refractivity contribution in [1.29, 1.82) is 0 Å². The van der Waals surface area contributed by atoms with Crippen LogP contribution in [0.3, 0.4) is 0 Å². The van der Waals surface area contributed by atoms with Gasteiger partial charge in [0.1, 0.15) is 0 Å². The Morgan fingerprint density at radius 3 is 2.95 bits per heavy atom. The van der Waals surface area contributed by atoms with Gasteiger partial charge in [-0.1, -0.05) is 6.07 Å². The summed E-state index contributed by atoms with van der Waals surface area (Å²) in [5, 5.41) is 0. The SMILES string of the molecule is Cc1ccc(N)c(SCc2ccoc2C(=O)NN)c1. The Morgan fingerprint density at radius 1 is 1.42 bits per heavy atom. The molecule has 1 amide bonds. The number of nitrogens with one attached hydrogen (secondary N) is 1. The van der Waals surface area contributed by atoms with Crippen LogP contribution in [-0.2, 0) is 5.75 Å². The van der Waals surface area contributed by atoms with E-state index in [1.807, 2.05) is 25.1 Å². The highest BCUT2D eigenvalue weighted by molar-refractivity contribution is 7.98. The second-order valence-electron chi connectivity index (χ2n) is 4.08. The van der Waals surface area contributed by atoms with Crippen molar-refractivity contribution in [2.45, 2.75) is 17.6 Å². The lowest BCUT2D eigenvalue weighted by Crippen LogP contribution is -2.30. The van der Waals surface area contributed by atoms with Crippen molar-refractivity contribution in [3.8, 4) is 0 Å². The van der Waals surface area contributed by atoms with Crippen LogP contribution in [0.5, 0.6) is 0 Å². The van der Waals surface area contributed by atoms with Crippen molar-refractivity contribution < 1.29 is 9.21 Å². The summed E-state index contributed by atoms with van der Waals surface area (Å²) in [5.41, 5.74) is 10.6. The summed E-state index contributed by atoms with van der Waals surface area (Å²) in [6.07, 6.45) is 1.47. The second-order valence-corrected chi connectivity index (χ2v) is 5.10. The summed E-state index contributed by atoms with van der Waals surface area (Å²) in [7, 11) is 0. The van der Waals surface area contributed by atoms with Crippen LogP contribution >= 0.6 is 11.8 Å². The van der Waals surface area contributed by atoms with Gasteiger partial charge in [-0.3, -0.25) is 10.2 Å². The number of benzene rings is 1. The molecule has 0 saturated heterocycles.